The molecule has 0 amide bonds. The largest absolute Gasteiger partial charge is 0.461 e. The molecule has 0 radical (unpaired) electrons. The molecule has 0 N–H and O–H groups in total. The molecule has 0 aliphatic heterocycles. The summed E-state index contributed by atoms with van der Waals surface area (Å²) in [5.74, 6) is -0.326. The molecule has 108 valence electrons. The summed E-state index contributed by atoms with van der Waals surface area (Å²) >= 11 is 0. The molecule has 8 heteroatoms. The molecule has 0 spiro atoms. The fourth-order valence-corrected chi connectivity index (χ4v) is 2.98. The predicted molar refractivity (Wildman–Crippen MR) is 67.0 cm³/mol. The average molecular weight is 291 g/mol. The maximum atomic E-state index is 12.2. The van der Waals surface area contributed by atoms with E-state index in [1.165, 1.54) is 6.07 Å². The van der Waals surface area contributed by atoms with E-state index in [0.29, 0.717) is 0 Å². The van der Waals surface area contributed by atoms with Crippen molar-refractivity contribution in [2.24, 2.45) is 0 Å². The summed E-state index contributed by atoms with van der Waals surface area (Å²) in [4.78, 5) is 11.4. The van der Waals surface area contributed by atoms with Gasteiger partial charge in [-0.15, -0.1) is 0 Å². The molecule has 0 atom stereocenters. The van der Waals surface area contributed by atoms with E-state index in [4.69, 9.17) is 18.3 Å². The topological polar surface area (TPSA) is 87.9 Å². The van der Waals surface area contributed by atoms with Crippen LogP contribution in [-0.4, -0.2) is 30.9 Å². The van der Waals surface area contributed by atoms with Crippen molar-refractivity contribution in [3.8, 4) is 0 Å². The Morgan fingerprint density at radius 3 is 2.42 bits per heavy atom. The van der Waals surface area contributed by atoms with Gasteiger partial charge in [-0.05, 0) is 20.8 Å². The maximum Gasteiger partial charge on any atom is 0.360 e. The van der Waals surface area contributed by atoms with Crippen LogP contribution in [0.3, 0.4) is 0 Å². The SMILES string of the molecule is CCOC(=O)c1cc(CP(=O)(OCC)OCC)on1. The van der Waals surface area contributed by atoms with Crippen LogP contribution in [0, 0.1) is 0 Å². The Morgan fingerprint density at radius 1 is 1.26 bits per heavy atom. The molecule has 0 aliphatic carbocycles. The van der Waals surface area contributed by atoms with Crippen LogP contribution in [-0.2, 0) is 24.5 Å². The van der Waals surface area contributed by atoms with Crippen LogP contribution in [0.5, 0.6) is 0 Å². The fourth-order valence-electron chi connectivity index (χ4n) is 1.40. The lowest BCUT2D eigenvalue weighted by atomic mass is 10.4. The molecule has 1 aromatic heterocycles. The van der Waals surface area contributed by atoms with E-state index in [1.807, 2.05) is 0 Å². The maximum absolute atomic E-state index is 12.2. The van der Waals surface area contributed by atoms with Crippen LogP contribution in [0.2, 0.25) is 0 Å². The van der Waals surface area contributed by atoms with E-state index < -0.39 is 13.6 Å². The van der Waals surface area contributed by atoms with Crippen LogP contribution in [0.15, 0.2) is 10.6 Å². The Bertz CT molecular complexity index is 448. The summed E-state index contributed by atoms with van der Waals surface area (Å²) in [5, 5.41) is 3.56. The third-order valence-electron chi connectivity index (χ3n) is 2.04. The first-order valence-electron chi connectivity index (χ1n) is 6.05. The van der Waals surface area contributed by atoms with Crippen molar-refractivity contribution in [2.45, 2.75) is 26.9 Å². The highest BCUT2D eigenvalue weighted by Crippen LogP contribution is 2.51. The normalized spacial score (nSPS) is 11.5. The van der Waals surface area contributed by atoms with Crippen LogP contribution in [0.1, 0.15) is 37.0 Å². The number of esters is 1. The summed E-state index contributed by atoms with van der Waals surface area (Å²) in [6, 6.07) is 1.38. The minimum absolute atomic E-state index is 0.0383. The molecule has 0 saturated carbocycles. The Labute approximate surface area is 111 Å². The van der Waals surface area contributed by atoms with Gasteiger partial charge in [-0.2, -0.15) is 0 Å². The van der Waals surface area contributed by atoms with Crippen LogP contribution >= 0.6 is 7.60 Å². The van der Waals surface area contributed by atoms with E-state index in [2.05, 4.69) is 5.16 Å². The Morgan fingerprint density at radius 2 is 1.89 bits per heavy atom. The van der Waals surface area contributed by atoms with Gasteiger partial charge in [0.05, 0.1) is 19.8 Å². The summed E-state index contributed by atoms with van der Waals surface area (Å²) in [5.41, 5.74) is 0.0383. The number of hydrogen-bond donors (Lipinski definition) is 0. The molecule has 19 heavy (non-hydrogen) atoms. The predicted octanol–water partition coefficient (Wildman–Crippen LogP) is 2.62. The number of aromatic nitrogens is 1. The smallest absolute Gasteiger partial charge is 0.360 e. The molecule has 0 fully saturated rings. The van der Waals surface area contributed by atoms with Crippen LogP contribution in [0.25, 0.3) is 0 Å². The molecule has 7 nitrogen and oxygen atoms in total. The molecule has 0 aliphatic rings. The molecule has 1 rings (SSSR count). The van der Waals surface area contributed by atoms with E-state index in [0.717, 1.165) is 0 Å². The van der Waals surface area contributed by atoms with Crippen molar-refractivity contribution in [1.82, 2.24) is 5.16 Å². The molecule has 0 bridgehead atoms. The molecule has 0 saturated heterocycles. The summed E-state index contributed by atoms with van der Waals surface area (Å²) < 4.78 is 32.2. The Hall–Kier alpha value is -1.17. The zero-order valence-electron chi connectivity index (χ0n) is 11.2. The van der Waals surface area contributed by atoms with E-state index in [1.54, 1.807) is 20.8 Å². The number of carbonyl (C=O) groups excluding carboxylic acids is 1. The van der Waals surface area contributed by atoms with Gasteiger partial charge in [-0.3, -0.25) is 4.57 Å². The molecule has 1 heterocycles. The highest BCUT2D eigenvalue weighted by atomic mass is 31.2. The van der Waals surface area contributed by atoms with Crippen molar-refractivity contribution in [3.05, 3.63) is 17.5 Å². The average Bonchev–Trinajstić information content (AvgIpc) is 2.78. The second kappa shape index (κ2) is 7.43. The van der Waals surface area contributed by atoms with Gasteiger partial charge in [0.2, 0.25) is 0 Å². The summed E-state index contributed by atoms with van der Waals surface area (Å²) in [6.45, 7) is 5.90. The minimum atomic E-state index is -3.26. The molecular weight excluding hydrogens is 273 g/mol. The second-order valence-electron chi connectivity index (χ2n) is 3.50. The minimum Gasteiger partial charge on any atom is -0.461 e. The molecule has 0 aromatic carbocycles. The van der Waals surface area contributed by atoms with Crippen LogP contribution in [0.4, 0.5) is 0 Å². The van der Waals surface area contributed by atoms with Gasteiger partial charge in [0.15, 0.2) is 5.69 Å². The number of rotatable bonds is 8. The van der Waals surface area contributed by atoms with Crippen molar-refractivity contribution in [2.75, 3.05) is 19.8 Å². The Balaban J connectivity index is 2.75. The van der Waals surface area contributed by atoms with Gasteiger partial charge in [-0.25, -0.2) is 4.79 Å². The molecule has 0 unspecified atom stereocenters. The van der Waals surface area contributed by atoms with Crippen molar-refractivity contribution < 1.29 is 27.7 Å². The second-order valence-corrected chi connectivity index (χ2v) is 5.56. The lowest BCUT2D eigenvalue weighted by molar-refractivity contribution is 0.0514. The van der Waals surface area contributed by atoms with Crippen LogP contribution < -0.4 is 0 Å². The lowest BCUT2D eigenvalue weighted by Crippen LogP contribution is -2.04. The van der Waals surface area contributed by atoms with Gasteiger partial charge in [-0.1, -0.05) is 5.16 Å². The van der Waals surface area contributed by atoms with Crippen molar-refractivity contribution in [3.63, 3.8) is 0 Å². The number of carbonyl (C=O) groups is 1. The van der Waals surface area contributed by atoms with E-state index in [9.17, 15) is 9.36 Å². The highest BCUT2D eigenvalue weighted by Gasteiger charge is 2.27. The van der Waals surface area contributed by atoms with Gasteiger partial charge in [0.1, 0.15) is 11.9 Å². The van der Waals surface area contributed by atoms with Gasteiger partial charge >= 0.3 is 13.6 Å². The van der Waals surface area contributed by atoms with Gasteiger partial charge in [0.25, 0.3) is 0 Å². The third kappa shape index (κ3) is 4.78. The fraction of sp³-hybridized carbons (Fsp3) is 0.636. The zero-order valence-corrected chi connectivity index (χ0v) is 12.1. The highest BCUT2D eigenvalue weighted by molar-refractivity contribution is 7.53. The Kier molecular flexibility index (Phi) is 6.21. The quantitative estimate of drug-likeness (QED) is 0.537. The lowest BCUT2D eigenvalue weighted by Gasteiger charge is -2.14. The monoisotopic (exact) mass is 291 g/mol. The van der Waals surface area contributed by atoms with Crippen molar-refractivity contribution >= 4 is 13.6 Å². The number of hydrogen-bond acceptors (Lipinski definition) is 7. The molecular formula is C11H18NO6P. The third-order valence-corrected chi connectivity index (χ3v) is 4.05. The van der Waals surface area contributed by atoms with E-state index in [-0.39, 0.29) is 37.4 Å². The first-order valence-corrected chi connectivity index (χ1v) is 7.78. The molecule has 1 aromatic rings. The van der Waals surface area contributed by atoms with Crippen molar-refractivity contribution in [1.29, 1.82) is 0 Å². The number of nitrogens with zero attached hydrogens (tertiary/aromatic N) is 1. The summed E-state index contributed by atoms with van der Waals surface area (Å²) in [7, 11) is -3.26. The first kappa shape index (κ1) is 15.9. The summed E-state index contributed by atoms with van der Waals surface area (Å²) in [6.07, 6.45) is -0.0684. The van der Waals surface area contributed by atoms with Gasteiger partial charge in [0, 0.05) is 6.07 Å². The first-order chi connectivity index (χ1) is 9.04. The number of ether oxygens (including phenoxy) is 1. The standard InChI is InChI=1S/C11H18NO6P/c1-4-15-11(13)10-7-9(18-12-10)8-19(14,16-5-2)17-6-3/h7H,4-6,8H2,1-3H3. The zero-order chi connectivity index (χ0) is 14.3. The van der Waals surface area contributed by atoms with E-state index >= 15 is 0 Å². The van der Waals surface area contributed by atoms with Gasteiger partial charge < -0.3 is 18.3 Å².